The smallest absolute Gasteiger partial charge is 0.253 e. The lowest BCUT2D eigenvalue weighted by atomic mass is 10.0. The summed E-state index contributed by atoms with van der Waals surface area (Å²) in [5.41, 5.74) is 2.43. The number of ether oxygens (including phenoxy) is 1. The van der Waals surface area contributed by atoms with Crippen LogP contribution in [0.4, 0.5) is 11.4 Å². The zero-order valence-corrected chi connectivity index (χ0v) is 24.4. The molecule has 3 aliphatic rings. The topological polar surface area (TPSA) is 97.9 Å². The molecule has 210 valence electrons. The molecule has 0 atom stereocenters. The number of benzene rings is 2. The molecule has 0 saturated carbocycles. The van der Waals surface area contributed by atoms with Gasteiger partial charge in [-0.2, -0.15) is 0 Å². The minimum Gasteiger partial charge on any atom is -0.382 e. The van der Waals surface area contributed by atoms with Gasteiger partial charge in [0.1, 0.15) is 5.60 Å². The molecular formula is C30H34N4O4S2. The van der Waals surface area contributed by atoms with Gasteiger partial charge in [-0.25, -0.2) is 0 Å². The number of carbonyl (C=O) groups is 1. The minimum absolute atomic E-state index is 0.101. The molecule has 2 fully saturated rings. The van der Waals surface area contributed by atoms with Gasteiger partial charge in [0.25, 0.3) is 5.91 Å². The maximum absolute atomic E-state index is 12.6. The second-order valence-corrected chi connectivity index (χ2v) is 13.1. The molecule has 1 amide bonds. The fourth-order valence-corrected chi connectivity index (χ4v) is 7.84. The number of aromatic amines is 1. The Balaban J connectivity index is 1.18. The predicted molar refractivity (Wildman–Crippen MR) is 160 cm³/mol. The van der Waals surface area contributed by atoms with Crippen molar-refractivity contribution in [3.8, 4) is 11.3 Å². The van der Waals surface area contributed by atoms with E-state index >= 15 is 0 Å². The molecule has 40 heavy (non-hydrogen) atoms. The van der Waals surface area contributed by atoms with Crippen LogP contribution < -0.4 is 15.8 Å². The molecule has 4 heterocycles. The van der Waals surface area contributed by atoms with Gasteiger partial charge in [0.15, 0.2) is 0 Å². The van der Waals surface area contributed by atoms with Crippen LogP contribution in [0.1, 0.15) is 26.7 Å². The first-order valence-electron chi connectivity index (χ1n) is 13.7. The van der Waals surface area contributed by atoms with Gasteiger partial charge in [-0.15, -0.1) is 0 Å². The van der Waals surface area contributed by atoms with Crippen LogP contribution in [0.3, 0.4) is 0 Å². The number of rotatable bonds is 5. The van der Waals surface area contributed by atoms with Crippen LogP contribution in [0.15, 0.2) is 72.9 Å². The highest BCUT2D eigenvalue weighted by atomic mass is 32.2. The summed E-state index contributed by atoms with van der Waals surface area (Å²) in [6, 6.07) is 16.8. The van der Waals surface area contributed by atoms with E-state index in [0.717, 1.165) is 53.5 Å². The first-order chi connectivity index (χ1) is 19.2. The van der Waals surface area contributed by atoms with Crippen molar-refractivity contribution in [1.82, 2.24) is 9.88 Å². The molecule has 3 aliphatic heterocycles. The highest BCUT2D eigenvalue weighted by Crippen LogP contribution is 2.52. The second-order valence-electron chi connectivity index (χ2n) is 11.0. The molecule has 1 aromatic heterocycles. The number of H-pyrrole nitrogens is 1. The number of anilines is 2. The molecule has 2 saturated heterocycles. The number of pyridine rings is 1. The first kappa shape index (κ1) is 27.3. The van der Waals surface area contributed by atoms with Crippen molar-refractivity contribution in [1.29, 1.82) is 0 Å². The Labute approximate surface area is 242 Å². The Morgan fingerprint density at radius 1 is 1.00 bits per heavy atom. The van der Waals surface area contributed by atoms with E-state index in [1.54, 1.807) is 48.3 Å². The number of nitrogens with one attached hydrogen (secondary N) is 2. The number of aliphatic hydroxyl groups is 1. The lowest BCUT2D eigenvalue weighted by Gasteiger charge is -2.35. The summed E-state index contributed by atoms with van der Waals surface area (Å²) in [5.74, 6) is -0.205. The summed E-state index contributed by atoms with van der Waals surface area (Å²) in [6.07, 6.45) is 1.68. The predicted octanol–water partition coefficient (Wildman–Crippen LogP) is 4.67. The summed E-state index contributed by atoms with van der Waals surface area (Å²) in [5, 5.41) is 13.7. The van der Waals surface area contributed by atoms with E-state index in [9.17, 15) is 14.7 Å². The maximum atomic E-state index is 12.6. The van der Waals surface area contributed by atoms with E-state index in [1.165, 1.54) is 14.7 Å². The Kier molecular flexibility index (Phi) is 7.60. The van der Waals surface area contributed by atoms with Gasteiger partial charge in [0.05, 0.1) is 18.9 Å². The van der Waals surface area contributed by atoms with Crippen molar-refractivity contribution in [3.05, 3.63) is 58.9 Å². The van der Waals surface area contributed by atoms with Crippen LogP contribution in [0.2, 0.25) is 0 Å². The maximum Gasteiger partial charge on any atom is 0.253 e. The number of hydrogen-bond donors (Lipinski definition) is 3. The molecule has 3 N–H and O–H groups in total. The average Bonchev–Trinajstić information content (AvgIpc) is 2.95. The van der Waals surface area contributed by atoms with Crippen LogP contribution in [-0.4, -0.2) is 71.9 Å². The molecule has 0 spiro atoms. The van der Waals surface area contributed by atoms with Crippen molar-refractivity contribution < 1.29 is 14.6 Å². The third-order valence-corrected chi connectivity index (χ3v) is 10.1. The molecular weight excluding hydrogens is 544 g/mol. The molecule has 8 nitrogen and oxygen atoms in total. The van der Waals surface area contributed by atoms with Crippen molar-refractivity contribution >= 4 is 40.8 Å². The number of morpholine rings is 1. The third kappa shape index (κ3) is 5.76. The highest BCUT2D eigenvalue weighted by molar-refractivity contribution is 8.05. The SMILES string of the molecule is CC(C)(O)C(=O)N1CCC(Nc2ccc3c(c2)Sc2cccc(-c4cc(N5CCOCC5)cc(=O)[nH]4)c2S3)CC1. The number of nitrogens with zero attached hydrogens (tertiary/aromatic N) is 2. The molecule has 6 rings (SSSR count). The Bertz CT molecular complexity index is 1470. The summed E-state index contributed by atoms with van der Waals surface area (Å²) in [4.78, 5) is 36.8. The molecule has 0 radical (unpaired) electrons. The van der Waals surface area contributed by atoms with Gasteiger partial charge in [-0.3, -0.25) is 9.59 Å². The summed E-state index contributed by atoms with van der Waals surface area (Å²) < 4.78 is 5.49. The summed E-state index contributed by atoms with van der Waals surface area (Å²) in [7, 11) is 0. The molecule has 10 heteroatoms. The van der Waals surface area contributed by atoms with Crippen LogP contribution >= 0.6 is 23.5 Å². The molecule has 0 aliphatic carbocycles. The van der Waals surface area contributed by atoms with Gasteiger partial charge < -0.3 is 29.9 Å². The van der Waals surface area contributed by atoms with Gasteiger partial charge in [0.2, 0.25) is 5.56 Å². The monoisotopic (exact) mass is 578 g/mol. The summed E-state index contributed by atoms with van der Waals surface area (Å²) >= 11 is 3.49. The van der Waals surface area contributed by atoms with Crippen molar-refractivity contribution in [2.24, 2.45) is 0 Å². The van der Waals surface area contributed by atoms with Gasteiger partial charge in [-0.1, -0.05) is 35.7 Å². The van der Waals surface area contributed by atoms with Gasteiger partial charge in [-0.05, 0) is 57.0 Å². The minimum atomic E-state index is -1.33. The number of amides is 1. The highest BCUT2D eigenvalue weighted by Gasteiger charge is 2.32. The molecule has 0 bridgehead atoms. The van der Waals surface area contributed by atoms with E-state index in [0.29, 0.717) is 26.3 Å². The van der Waals surface area contributed by atoms with Crippen LogP contribution in [-0.2, 0) is 9.53 Å². The zero-order valence-electron chi connectivity index (χ0n) is 22.7. The molecule has 0 unspecified atom stereocenters. The number of aromatic nitrogens is 1. The van der Waals surface area contributed by atoms with Crippen molar-refractivity contribution in [2.45, 2.75) is 57.9 Å². The fraction of sp³-hybridized carbons (Fsp3) is 0.400. The lowest BCUT2D eigenvalue weighted by Crippen LogP contribution is -2.50. The zero-order chi connectivity index (χ0) is 27.9. The Morgan fingerprint density at radius 2 is 1.77 bits per heavy atom. The van der Waals surface area contributed by atoms with Crippen molar-refractivity contribution in [3.63, 3.8) is 0 Å². The van der Waals surface area contributed by atoms with Crippen LogP contribution in [0, 0.1) is 0 Å². The number of likely N-dealkylation sites (tertiary alicyclic amines) is 1. The number of fused-ring (bicyclic) bond motifs is 2. The number of hydrogen-bond acceptors (Lipinski definition) is 8. The molecule has 3 aromatic rings. The quantitative estimate of drug-likeness (QED) is 0.315. The van der Waals surface area contributed by atoms with E-state index in [1.807, 2.05) is 0 Å². The number of carbonyl (C=O) groups excluding carboxylic acids is 1. The van der Waals surface area contributed by atoms with E-state index in [2.05, 4.69) is 57.7 Å². The van der Waals surface area contributed by atoms with E-state index in [4.69, 9.17) is 4.74 Å². The second kappa shape index (κ2) is 11.2. The van der Waals surface area contributed by atoms with Crippen LogP contribution in [0.5, 0.6) is 0 Å². The van der Waals surface area contributed by atoms with Gasteiger partial charge in [0, 0.05) is 74.8 Å². The van der Waals surface area contributed by atoms with Crippen LogP contribution in [0.25, 0.3) is 11.3 Å². The lowest BCUT2D eigenvalue weighted by molar-refractivity contribution is -0.148. The standard InChI is InChI=1S/C30H34N4O4S2/c1-30(2,37)29(36)34-10-8-19(9-11-34)31-20-6-7-24-26(16-20)39-25-5-3-4-22(28(25)40-24)23-17-21(18-27(35)32-23)33-12-14-38-15-13-33/h3-7,16-19,31,37H,8-15H2,1-2H3,(H,32,35). The van der Waals surface area contributed by atoms with E-state index in [-0.39, 0.29) is 17.5 Å². The van der Waals surface area contributed by atoms with Crippen molar-refractivity contribution in [2.75, 3.05) is 49.6 Å². The fourth-order valence-electron chi connectivity index (χ4n) is 5.43. The Morgan fingerprint density at radius 3 is 2.52 bits per heavy atom. The Hall–Kier alpha value is -2.92. The molecule has 2 aromatic carbocycles. The normalized spacial score (nSPS) is 17.8. The number of piperidine rings is 1. The van der Waals surface area contributed by atoms with Gasteiger partial charge >= 0.3 is 0 Å². The first-order valence-corrected chi connectivity index (χ1v) is 15.4. The average molecular weight is 579 g/mol. The summed E-state index contributed by atoms with van der Waals surface area (Å²) in [6.45, 7) is 7.28. The largest absolute Gasteiger partial charge is 0.382 e. The van der Waals surface area contributed by atoms with E-state index < -0.39 is 5.60 Å². The third-order valence-electron chi connectivity index (χ3n) is 7.53.